The summed E-state index contributed by atoms with van der Waals surface area (Å²) >= 11 is -0.145. The fourth-order valence-corrected chi connectivity index (χ4v) is 2.54. The zero-order valence-electron chi connectivity index (χ0n) is 14.2. The molecule has 0 heterocycles. The molecule has 0 bridgehead atoms. The van der Waals surface area contributed by atoms with Crippen molar-refractivity contribution in [3.8, 4) is 0 Å². The number of aryl methyl sites for hydroxylation is 1. The second kappa shape index (κ2) is 10.2. The standard InChI is InChI=1S/C17H23FN2O3S/c1-4-13-5-6-14(11-21)15(9-13)10-19(2)16(12-22)7-8-17(23)20(3)24-18/h5-6,9,11-12,16H,4,7-8,10H2,1-3H3. The molecule has 0 saturated carbocycles. The maximum atomic E-state index is 12.4. The lowest BCUT2D eigenvalue weighted by atomic mass is 10.0. The van der Waals surface area contributed by atoms with Gasteiger partial charge in [-0.05, 0) is 31.0 Å². The SMILES string of the molecule is CCc1ccc(C=O)c(CN(C)C(C=O)CCC(=O)N(C)SF)c1. The molecule has 0 saturated heterocycles. The van der Waals surface area contributed by atoms with Gasteiger partial charge in [0.25, 0.3) is 0 Å². The minimum absolute atomic E-state index is 0.0801. The third kappa shape index (κ3) is 5.72. The summed E-state index contributed by atoms with van der Waals surface area (Å²) in [5, 5.41) is 0. The van der Waals surface area contributed by atoms with Crippen molar-refractivity contribution in [1.82, 2.24) is 9.21 Å². The van der Waals surface area contributed by atoms with Gasteiger partial charge >= 0.3 is 0 Å². The van der Waals surface area contributed by atoms with Crippen molar-refractivity contribution in [3.05, 3.63) is 34.9 Å². The van der Waals surface area contributed by atoms with Gasteiger partial charge < -0.3 is 4.79 Å². The Bertz CT molecular complexity index is 583. The Labute approximate surface area is 146 Å². The highest BCUT2D eigenvalue weighted by molar-refractivity contribution is 7.92. The topological polar surface area (TPSA) is 57.7 Å². The molecule has 5 nitrogen and oxygen atoms in total. The van der Waals surface area contributed by atoms with Crippen LogP contribution in [0.3, 0.4) is 0 Å². The molecule has 0 aromatic heterocycles. The highest BCUT2D eigenvalue weighted by atomic mass is 32.2. The first kappa shape index (κ1) is 20.3. The Morgan fingerprint density at radius 3 is 2.58 bits per heavy atom. The third-order valence-electron chi connectivity index (χ3n) is 3.99. The van der Waals surface area contributed by atoms with Crippen molar-refractivity contribution in [2.24, 2.45) is 0 Å². The van der Waals surface area contributed by atoms with Crippen LogP contribution in [0.5, 0.6) is 0 Å². The van der Waals surface area contributed by atoms with Crippen LogP contribution in [0, 0.1) is 0 Å². The number of benzene rings is 1. The number of aldehydes is 2. The van der Waals surface area contributed by atoms with Crippen LogP contribution in [0.4, 0.5) is 3.89 Å². The van der Waals surface area contributed by atoms with E-state index in [1.54, 1.807) is 18.0 Å². The molecule has 0 fully saturated rings. The van der Waals surface area contributed by atoms with Gasteiger partial charge in [-0.25, -0.2) is 0 Å². The van der Waals surface area contributed by atoms with Gasteiger partial charge in [0, 0.05) is 25.6 Å². The molecule has 0 aliphatic carbocycles. The number of hydrogen-bond acceptors (Lipinski definition) is 5. The smallest absolute Gasteiger partial charge is 0.234 e. The van der Waals surface area contributed by atoms with Gasteiger partial charge in [-0.15, -0.1) is 3.89 Å². The van der Waals surface area contributed by atoms with E-state index in [9.17, 15) is 18.3 Å². The van der Waals surface area contributed by atoms with E-state index in [1.165, 1.54) is 7.05 Å². The summed E-state index contributed by atoms with van der Waals surface area (Å²) < 4.78 is 13.3. The van der Waals surface area contributed by atoms with Gasteiger partial charge in [0.05, 0.1) is 6.04 Å². The molecule has 1 amide bonds. The van der Waals surface area contributed by atoms with Crippen LogP contribution < -0.4 is 0 Å². The van der Waals surface area contributed by atoms with Crippen LogP contribution in [-0.2, 0) is 22.6 Å². The molecule has 0 spiro atoms. The summed E-state index contributed by atoms with van der Waals surface area (Å²) in [7, 11) is 3.11. The molecule has 1 aromatic rings. The van der Waals surface area contributed by atoms with Gasteiger partial charge in [0.2, 0.25) is 5.91 Å². The number of hydrogen-bond donors (Lipinski definition) is 0. The van der Waals surface area contributed by atoms with Gasteiger partial charge in [0.15, 0.2) is 12.3 Å². The maximum absolute atomic E-state index is 12.4. The van der Waals surface area contributed by atoms with E-state index >= 15 is 0 Å². The van der Waals surface area contributed by atoms with E-state index in [0.717, 1.165) is 34.4 Å². The predicted molar refractivity (Wildman–Crippen MR) is 93.2 cm³/mol. The van der Waals surface area contributed by atoms with E-state index in [2.05, 4.69) is 0 Å². The van der Waals surface area contributed by atoms with Gasteiger partial charge in [0.1, 0.15) is 12.6 Å². The van der Waals surface area contributed by atoms with E-state index in [1.807, 2.05) is 19.1 Å². The average molecular weight is 354 g/mol. The second-order valence-corrected chi connectivity index (χ2v) is 6.31. The third-order valence-corrected chi connectivity index (χ3v) is 4.40. The zero-order chi connectivity index (χ0) is 18.1. The van der Waals surface area contributed by atoms with Crippen LogP contribution in [0.2, 0.25) is 0 Å². The van der Waals surface area contributed by atoms with Crippen LogP contribution in [-0.4, -0.2) is 47.8 Å². The molecular formula is C17H23FN2O3S. The minimum atomic E-state index is -0.475. The minimum Gasteiger partial charge on any atom is -0.302 e. The first-order valence-corrected chi connectivity index (χ1v) is 8.41. The normalized spacial score (nSPS) is 12.0. The van der Waals surface area contributed by atoms with Crippen molar-refractivity contribution in [3.63, 3.8) is 0 Å². The highest BCUT2D eigenvalue weighted by Gasteiger charge is 2.19. The van der Waals surface area contributed by atoms with Crippen LogP contribution in [0.15, 0.2) is 18.2 Å². The zero-order valence-corrected chi connectivity index (χ0v) is 15.0. The van der Waals surface area contributed by atoms with Crippen LogP contribution >= 0.6 is 12.3 Å². The molecule has 1 rings (SSSR count). The summed E-state index contributed by atoms with van der Waals surface area (Å²) in [6, 6.07) is 5.17. The Morgan fingerprint density at radius 2 is 2.04 bits per heavy atom. The number of likely N-dealkylation sites (N-methyl/N-ethyl adjacent to an activating group) is 1. The molecule has 0 N–H and O–H groups in total. The molecule has 1 aromatic carbocycles. The van der Waals surface area contributed by atoms with Gasteiger partial charge in [-0.3, -0.25) is 18.8 Å². The number of halogens is 1. The van der Waals surface area contributed by atoms with E-state index in [0.29, 0.717) is 18.5 Å². The van der Waals surface area contributed by atoms with Gasteiger partial charge in [-0.1, -0.05) is 25.1 Å². The van der Waals surface area contributed by atoms with Crippen molar-refractivity contribution < 1.29 is 18.3 Å². The first-order chi connectivity index (χ1) is 11.5. The van der Waals surface area contributed by atoms with Crippen molar-refractivity contribution in [1.29, 1.82) is 0 Å². The van der Waals surface area contributed by atoms with E-state index in [4.69, 9.17) is 0 Å². The number of carbonyl (C=O) groups excluding carboxylic acids is 3. The van der Waals surface area contributed by atoms with Crippen LogP contribution in [0.1, 0.15) is 41.3 Å². The first-order valence-electron chi connectivity index (χ1n) is 7.74. The average Bonchev–Trinajstić information content (AvgIpc) is 2.61. The van der Waals surface area contributed by atoms with E-state index < -0.39 is 6.04 Å². The summed E-state index contributed by atoms with van der Waals surface area (Å²) in [6.07, 6.45) is 2.81. The lowest BCUT2D eigenvalue weighted by molar-refractivity contribution is -0.125. The summed E-state index contributed by atoms with van der Waals surface area (Å²) in [6.45, 7) is 2.45. The number of amides is 1. The fraction of sp³-hybridized carbons (Fsp3) is 0.471. The monoisotopic (exact) mass is 354 g/mol. The molecule has 7 heteroatoms. The highest BCUT2D eigenvalue weighted by Crippen LogP contribution is 2.17. The Balaban J connectivity index is 2.77. The molecule has 0 aliphatic rings. The summed E-state index contributed by atoms with van der Waals surface area (Å²) in [5.74, 6) is -0.371. The number of rotatable bonds is 10. The number of nitrogens with zero attached hydrogens (tertiary/aromatic N) is 2. The lowest BCUT2D eigenvalue weighted by Gasteiger charge is -2.24. The molecule has 1 atom stereocenters. The van der Waals surface area contributed by atoms with Gasteiger partial charge in [-0.2, -0.15) is 0 Å². The molecule has 0 radical (unpaired) electrons. The van der Waals surface area contributed by atoms with Crippen LogP contribution in [0.25, 0.3) is 0 Å². The van der Waals surface area contributed by atoms with Crippen molar-refractivity contribution >= 4 is 30.8 Å². The molecule has 0 aliphatic heterocycles. The lowest BCUT2D eigenvalue weighted by Crippen LogP contribution is -2.34. The molecular weight excluding hydrogens is 331 g/mol. The van der Waals surface area contributed by atoms with E-state index in [-0.39, 0.29) is 24.7 Å². The molecule has 1 unspecified atom stereocenters. The second-order valence-electron chi connectivity index (χ2n) is 5.62. The Morgan fingerprint density at radius 1 is 1.33 bits per heavy atom. The van der Waals surface area contributed by atoms with Crippen molar-refractivity contribution in [2.75, 3.05) is 14.1 Å². The predicted octanol–water partition coefficient (Wildman–Crippen LogP) is 2.83. The van der Waals surface area contributed by atoms with Crippen molar-refractivity contribution in [2.45, 2.75) is 38.8 Å². The largest absolute Gasteiger partial charge is 0.302 e. The Kier molecular flexibility index (Phi) is 8.63. The quantitative estimate of drug-likeness (QED) is 0.478. The fourth-order valence-electron chi connectivity index (χ4n) is 2.38. The number of carbonyl (C=O) groups is 3. The molecule has 24 heavy (non-hydrogen) atoms. The maximum Gasteiger partial charge on any atom is 0.234 e. The summed E-state index contributed by atoms with van der Waals surface area (Å²) in [4.78, 5) is 36.0. The molecule has 132 valence electrons. The summed E-state index contributed by atoms with van der Waals surface area (Å²) in [5.41, 5.74) is 2.55. The Hall–Kier alpha value is -1.73.